The Balaban J connectivity index is 2.40. The Morgan fingerprint density at radius 1 is 1.65 bits per heavy atom. The summed E-state index contributed by atoms with van der Waals surface area (Å²) in [6.45, 7) is 4.84. The van der Waals surface area contributed by atoms with E-state index in [0.717, 1.165) is 26.8 Å². The third-order valence-electron chi connectivity index (χ3n) is 2.34. The summed E-state index contributed by atoms with van der Waals surface area (Å²) >= 11 is 8.33. The molecule has 1 heterocycles. The number of hydrogen-bond acceptors (Lipinski definition) is 4. The second kappa shape index (κ2) is 7.18. The maximum atomic E-state index is 11.7. The number of aromatic nitrogens is 1. The molecule has 1 aromatic heterocycles. The van der Waals surface area contributed by atoms with E-state index in [4.69, 9.17) is 12.2 Å². The molecule has 1 rings (SSSR count). The zero-order valence-corrected chi connectivity index (χ0v) is 12.8. The fraction of sp³-hybridized carbons (Fsp3) is 0.636. The molecule has 1 aromatic rings. The van der Waals surface area contributed by atoms with Crippen LogP contribution in [0.4, 0.5) is 0 Å². The van der Waals surface area contributed by atoms with Gasteiger partial charge in [-0.1, -0.05) is 6.92 Å². The van der Waals surface area contributed by atoms with Gasteiger partial charge in [-0.15, -0.1) is 11.3 Å². The minimum Gasteiger partial charge on any atom is -0.355 e. The maximum Gasteiger partial charge on any atom is 0.225 e. The first-order valence-electron chi connectivity index (χ1n) is 5.47. The first-order valence-corrected chi connectivity index (χ1v) is 8.09. The average molecular weight is 290 g/mol. The molecule has 1 amide bonds. The van der Waals surface area contributed by atoms with Gasteiger partial charge >= 0.3 is 0 Å². The lowest BCUT2D eigenvalue weighted by molar-refractivity contribution is -0.120. The van der Waals surface area contributed by atoms with Crippen LogP contribution in [0.3, 0.4) is 0 Å². The standard InChI is InChI=1S/C11H18N2OS3/c1-7(6-16-3)5-12-10(14)4-9-8(2)13-11(15)17-9/h7H,4-6H2,1-3H3,(H,12,14)(H,13,15). The molecule has 0 aromatic carbocycles. The highest BCUT2D eigenvalue weighted by molar-refractivity contribution is 7.98. The van der Waals surface area contributed by atoms with Crippen molar-refractivity contribution in [2.24, 2.45) is 5.92 Å². The van der Waals surface area contributed by atoms with E-state index in [1.807, 2.05) is 6.92 Å². The Bertz CT molecular complexity index is 425. The summed E-state index contributed by atoms with van der Waals surface area (Å²) in [5.41, 5.74) is 1.01. The van der Waals surface area contributed by atoms with Gasteiger partial charge in [0.05, 0.1) is 6.42 Å². The van der Waals surface area contributed by atoms with Crippen molar-refractivity contribution in [3.63, 3.8) is 0 Å². The molecule has 0 spiro atoms. The van der Waals surface area contributed by atoms with Gasteiger partial charge in [-0.2, -0.15) is 11.8 Å². The topological polar surface area (TPSA) is 44.9 Å². The van der Waals surface area contributed by atoms with E-state index in [1.165, 1.54) is 11.3 Å². The molecule has 0 aliphatic carbocycles. The molecule has 3 nitrogen and oxygen atoms in total. The first kappa shape index (κ1) is 14.7. The number of H-pyrrole nitrogens is 1. The van der Waals surface area contributed by atoms with Gasteiger partial charge in [-0.3, -0.25) is 4.79 Å². The van der Waals surface area contributed by atoms with E-state index >= 15 is 0 Å². The summed E-state index contributed by atoms with van der Waals surface area (Å²) in [5, 5.41) is 2.96. The van der Waals surface area contributed by atoms with Gasteiger partial charge in [0.1, 0.15) is 0 Å². The number of thiazole rings is 1. The summed E-state index contributed by atoms with van der Waals surface area (Å²) < 4.78 is 0.737. The molecule has 1 unspecified atom stereocenters. The number of aromatic amines is 1. The first-order chi connectivity index (χ1) is 8.02. The SMILES string of the molecule is CSCC(C)CNC(=O)Cc1sc(=S)[nH]c1C. The predicted molar refractivity (Wildman–Crippen MR) is 78.5 cm³/mol. The van der Waals surface area contributed by atoms with E-state index in [2.05, 4.69) is 23.5 Å². The lowest BCUT2D eigenvalue weighted by Crippen LogP contribution is -2.30. The van der Waals surface area contributed by atoms with Gasteiger partial charge in [-0.25, -0.2) is 0 Å². The van der Waals surface area contributed by atoms with E-state index in [0.29, 0.717) is 12.3 Å². The number of rotatable bonds is 6. The fourth-order valence-electron chi connectivity index (χ4n) is 1.45. The van der Waals surface area contributed by atoms with Crippen molar-refractivity contribution in [2.45, 2.75) is 20.3 Å². The molecule has 1 atom stereocenters. The number of amides is 1. The summed E-state index contributed by atoms with van der Waals surface area (Å²) in [4.78, 5) is 15.8. The third kappa shape index (κ3) is 5.23. The number of aryl methyl sites for hydroxylation is 1. The van der Waals surface area contributed by atoms with Gasteiger partial charge in [0.25, 0.3) is 0 Å². The quantitative estimate of drug-likeness (QED) is 0.792. The number of carbonyl (C=O) groups is 1. The zero-order valence-electron chi connectivity index (χ0n) is 10.3. The molecule has 0 bridgehead atoms. The molecular formula is C11H18N2OS3. The number of thioether (sulfide) groups is 1. The molecule has 96 valence electrons. The van der Waals surface area contributed by atoms with E-state index < -0.39 is 0 Å². The highest BCUT2D eigenvalue weighted by Crippen LogP contribution is 2.15. The van der Waals surface area contributed by atoms with Crippen molar-refractivity contribution < 1.29 is 4.79 Å². The van der Waals surface area contributed by atoms with E-state index in [1.54, 1.807) is 11.8 Å². The molecule has 0 aliphatic heterocycles. The Labute approximate surface area is 115 Å². The Morgan fingerprint density at radius 2 is 2.35 bits per heavy atom. The molecule has 6 heteroatoms. The highest BCUT2D eigenvalue weighted by Gasteiger charge is 2.09. The van der Waals surface area contributed by atoms with Crippen molar-refractivity contribution in [1.82, 2.24) is 10.3 Å². The minimum absolute atomic E-state index is 0.0753. The van der Waals surface area contributed by atoms with Crippen LogP contribution < -0.4 is 5.32 Å². The largest absolute Gasteiger partial charge is 0.355 e. The van der Waals surface area contributed by atoms with Crippen LogP contribution in [0.15, 0.2) is 0 Å². The highest BCUT2D eigenvalue weighted by atomic mass is 32.2. The van der Waals surface area contributed by atoms with Crippen molar-refractivity contribution in [3.8, 4) is 0 Å². The molecule has 0 saturated carbocycles. The van der Waals surface area contributed by atoms with E-state index in [9.17, 15) is 4.79 Å². The Morgan fingerprint density at radius 3 is 2.88 bits per heavy atom. The summed E-state index contributed by atoms with van der Waals surface area (Å²) in [6, 6.07) is 0. The lowest BCUT2D eigenvalue weighted by Gasteiger charge is -2.10. The Kier molecular flexibility index (Phi) is 6.22. The molecule has 0 radical (unpaired) electrons. The minimum atomic E-state index is 0.0753. The number of hydrogen-bond donors (Lipinski definition) is 2. The van der Waals surface area contributed by atoms with Crippen LogP contribution in [0.2, 0.25) is 0 Å². The van der Waals surface area contributed by atoms with Gasteiger partial charge in [0.2, 0.25) is 5.91 Å². The van der Waals surface area contributed by atoms with Crippen LogP contribution in [0.5, 0.6) is 0 Å². The van der Waals surface area contributed by atoms with Crippen LogP contribution in [-0.4, -0.2) is 29.4 Å². The zero-order chi connectivity index (χ0) is 12.8. The molecule has 2 N–H and O–H groups in total. The molecular weight excluding hydrogens is 272 g/mol. The molecule has 0 fully saturated rings. The number of carbonyl (C=O) groups excluding carboxylic acids is 1. The molecule has 17 heavy (non-hydrogen) atoms. The van der Waals surface area contributed by atoms with Crippen LogP contribution >= 0.6 is 35.3 Å². The average Bonchev–Trinajstić information content (AvgIpc) is 2.55. The maximum absolute atomic E-state index is 11.7. The van der Waals surface area contributed by atoms with Crippen LogP contribution in [0.1, 0.15) is 17.5 Å². The monoisotopic (exact) mass is 290 g/mol. The van der Waals surface area contributed by atoms with Crippen molar-refractivity contribution in [1.29, 1.82) is 0 Å². The van der Waals surface area contributed by atoms with Gasteiger partial charge in [-0.05, 0) is 37.1 Å². The van der Waals surface area contributed by atoms with Crippen molar-refractivity contribution in [2.75, 3.05) is 18.6 Å². The molecule has 0 saturated heterocycles. The van der Waals surface area contributed by atoms with Crippen molar-refractivity contribution in [3.05, 3.63) is 14.5 Å². The lowest BCUT2D eigenvalue weighted by atomic mass is 10.2. The summed E-state index contributed by atoms with van der Waals surface area (Å²) in [7, 11) is 0. The fourth-order valence-corrected chi connectivity index (χ4v) is 3.42. The second-order valence-corrected chi connectivity index (χ2v) is 6.79. The van der Waals surface area contributed by atoms with Crippen LogP contribution in [0.25, 0.3) is 0 Å². The smallest absolute Gasteiger partial charge is 0.225 e. The van der Waals surface area contributed by atoms with Crippen LogP contribution in [0, 0.1) is 16.8 Å². The van der Waals surface area contributed by atoms with Gasteiger partial charge in [0, 0.05) is 17.1 Å². The Hall–Kier alpha value is -0.330. The van der Waals surface area contributed by atoms with Gasteiger partial charge < -0.3 is 10.3 Å². The summed E-state index contributed by atoms with van der Waals surface area (Å²) in [5.74, 6) is 1.66. The second-order valence-electron chi connectivity index (χ2n) is 4.10. The molecule has 0 aliphatic rings. The van der Waals surface area contributed by atoms with E-state index in [-0.39, 0.29) is 5.91 Å². The predicted octanol–water partition coefficient (Wildman–Crippen LogP) is 2.77. The van der Waals surface area contributed by atoms with Crippen LogP contribution in [-0.2, 0) is 11.2 Å². The van der Waals surface area contributed by atoms with Crippen molar-refractivity contribution >= 4 is 41.2 Å². The normalized spacial score (nSPS) is 12.4. The van der Waals surface area contributed by atoms with Gasteiger partial charge in [0.15, 0.2) is 3.95 Å². The third-order valence-corrected chi connectivity index (χ3v) is 4.58. The number of nitrogens with one attached hydrogen (secondary N) is 2. The summed E-state index contributed by atoms with van der Waals surface area (Å²) in [6.07, 6.45) is 2.50.